The first-order valence-electron chi connectivity index (χ1n) is 7.35. The van der Waals surface area contributed by atoms with E-state index in [0.29, 0.717) is 31.2 Å². The maximum absolute atomic E-state index is 13.2. The van der Waals surface area contributed by atoms with Gasteiger partial charge >= 0.3 is 6.18 Å². The Bertz CT molecular complexity index is 559. The molecular formula is C15H19ClF3N3O. The van der Waals surface area contributed by atoms with Crippen LogP contribution in [0.15, 0.2) is 18.2 Å². The smallest absolute Gasteiger partial charge is 0.350 e. The number of rotatable bonds is 4. The van der Waals surface area contributed by atoms with E-state index in [1.807, 2.05) is 0 Å². The van der Waals surface area contributed by atoms with Crippen molar-refractivity contribution in [1.29, 1.82) is 0 Å². The van der Waals surface area contributed by atoms with Crippen LogP contribution < -0.4 is 10.6 Å². The molecule has 0 radical (unpaired) electrons. The van der Waals surface area contributed by atoms with Gasteiger partial charge in [0, 0.05) is 43.3 Å². The number of hydrogen-bond donors (Lipinski definition) is 2. The fourth-order valence-electron chi connectivity index (χ4n) is 2.47. The lowest BCUT2D eigenvalue weighted by molar-refractivity contribution is -0.183. The van der Waals surface area contributed by atoms with E-state index in [2.05, 4.69) is 10.6 Å². The van der Waals surface area contributed by atoms with Gasteiger partial charge in [0.15, 0.2) is 0 Å². The van der Waals surface area contributed by atoms with E-state index >= 15 is 0 Å². The molecule has 1 heterocycles. The molecule has 1 aliphatic rings. The third kappa shape index (κ3) is 4.83. The van der Waals surface area contributed by atoms with Gasteiger partial charge in [0.05, 0.1) is 0 Å². The Balaban J connectivity index is 2.02. The van der Waals surface area contributed by atoms with Crippen molar-refractivity contribution in [2.75, 3.05) is 32.7 Å². The molecule has 1 atom stereocenters. The van der Waals surface area contributed by atoms with Crippen LogP contribution >= 0.6 is 11.6 Å². The summed E-state index contributed by atoms with van der Waals surface area (Å²) in [5.41, 5.74) is 1.05. The maximum atomic E-state index is 13.2. The van der Waals surface area contributed by atoms with E-state index in [0.717, 1.165) is 5.56 Å². The first-order valence-corrected chi connectivity index (χ1v) is 7.72. The summed E-state index contributed by atoms with van der Waals surface area (Å²) in [5.74, 6) is -0.559. The molecule has 0 bridgehead atoms. The topological polar surface area (TPSA) is 44.4 Å². The Kier molecular flexibility index (Phi) is 5.89. The molecule has 4 nitrogen and oxygen atoms in total. The number of nitrogens with one attached hydrogen (secondary N) is 2. The summed E-state index contributed by atoms with van der Waals surface area (Å²) in [6.07, 6.45) is -4.39. The minimum absolute atomic E-state index is 0.252. The number of piperazine rings is 1. The summed E-state index contributed by atoms with van der Waals surface area (Å²) in [4.78, 5) is 13.4. The zero-order chi connectivity index (χ0) is 17.0. The Morgan fingerprint density at radius 3 is 2.61 bits per heavy atom. The Morgan fingerprint density at radius 1 is 1.39 bits per heavy atom. The molecule has 0 saturated carbocycles. The van der Waals surface area contributed by atoms with Crippen LogP contribution in [0.1, 0.15) is 15.9 Å². The van der Waals surface area contributed by atoms with Gasteiger partial charge in [0.2, 0.25) is 0 Å². The predicted molar refractivity (Wildman–Crippen MR) is 82.8 cm³/mol. The number of halogens is 4. The van der Waals surface area contributed by atoms with Crippen molar-refractivity contribution < 1.29 is 18.0 Å². The van der Waals surface area contributed by atoms with Crippen LogP contribution in [0.4, 0.5) is 13.2 Å². The SMILES string of the molecule is Cc1ccc(C(=O)NCC(N2CCNCC2)C(F)(F)F)cc1Cl. The highest BCUT2D eigenvalue weighted by atomic mass is 35.5. The zero-order valence-electron chi connectivity index (χ0n) is 12.7. The van der Waals surface area contributed by atoms with Crippen LogP contribution in [-0.2, 0) is 0 Å². The van der Waals surface area contributed by atoms with Gasteiger partial charge in [-0.25, -0.2) is 0 Å². The van der Waals surface area contributed by atoms with E-state index in [1.54, 1.807) is 19.1 Å². The summed E-state index contributed by atoms with van der Waals surface area (Å²) in [7, 11) is 0. The van der Waals surface area contributed by atoms with Gasteiger partial charge in [-0.05, 0) is 24.6 Å². The minimum atomic E-state index is -4.39. The molecule has 0 spiro atoms. The maximum Gasteiger partial charge on any atom is 0.405 e. The lowest BCUT2D eigenvalue weighted by atomic mass is 10.1. The average Bonchev–Trinajstić information content (AvgIpc) is 2.49. The number of benzene rings is 1. The van der Waals surface area contributed by atoms with E-state index in [4.69, 9.17) is 11.6 Å². The molecule has 1 fully saturated rings. The second kappa shape index (κ2) is 7.51. The zero-order valence-corrected chi connectivity index (χ0v) is 13.5. The molecule has 23 heavy (non-hydrogen) atoms. The lowest BCUT2D eigenvalue weighted by Crippen LogP contribution is -2.57. The minimum Gasteiger partial charge on any atom is -0.350 e. The Labute approximate surface area is 138 Å². The van der Waals surface area contributed by atoms with Crippen LogP contribution in [0, 0.1) is 6.92 Å². The Hall–Kier alpha value is -1.31. The van der Waals surface area contributed by atoms with Gasteiger partial charge in [0.1, 0.15) is 6.04 Å². The average molecular weight is 350 g/mol. The van der Waals surface area contributed by atoms with Gasteiger partial charge in [0.25, 0.3) is 5.91 Å². The molecule has 1 aromatic carbocycles. The van der Waals surface area contributed by atoms with Crippen LogP contribution in [-0.4, -0.2) is 55.7 Å². The van der Waals surface area contributed by atoms with Crippen molar-refractivity contribution in [3.05, 3.63) is 34.3 Å². The van der Waals surface area contributed by atoms with Crippen LogP contribution in [0.2, 0.25) is 5.02 Å². The molecule has 1 aliphatic heterocycles. The lowest BCUT2D eigenvalue weighted by Gasteiger charge is -2.35. The van der Waals surface area contributed by atoms with Crippen molar-refractivity contribution in [3.8, 4) is 0 Å². The molecule has 2 N–H and O–H groups in total. The second-order valence-electron chi connectivity index (χ2n) is 5.52. The summed E-state index contributed by atoms with van der Waals surface area (Å²) in [6, 6.07) is 2.98. The van der Waals surface area contributed by atoms with Crippen molar-refractivity contribution in [2.45, 2.75) is 19.1 Å². The fourth-order valence-corrected chi connectivity index (χ4v) is 2.65. The van der Waals surface area contributed by atoms with Crippen LogP contribution in [0.3, 0.4) is 0 Å². The van der Waals surface area contributed by atoms with Gasteiger partial charge in [-0.1, -0.05) is 17.7 Å². The van der Waals surface area contributed by atoms with E-state index in [1.165, 1.54) is 11.0 Å². The van der Waals surface area contributed by atoms with Gasteiger partial charge in [-0.3, -0.25) is 9.69 Å². The molecule has 1 amide bonds. The van der Waals surface area contributed by atoms with Crippen molar-refractivity contribution in [1.82, 2.24) is 15.5 Å². The third-order valence-electron chi connectivity index (χ3n) is 3.86. The molecule has 1 aromatic rings. The number of nitrogens with zero attached hydrogens (tertiary/aromatic N) is 1. The van der Waals surface area contributed by atoms with Crippen LogP contribution in [0.5, 0.6) is 0 Å². The van der Waals surface area contributed by atoms with Crippen molar-refractivity contribution >= 4 is 17.5 Å². The molecule has 1 saturated heterocycles. The molecule has 1 unspecified atom stereocenters. The van der Waals surface area contributed by atoms with Crippen molar-refractivity contribution in [2.24, 2.45) is 0 Å². The highest BCUT2D eigenvalue weighted by Gasteiger charge is 2.43. The number of alkyl halides is 3. The summed E-state index contributed by atoms with van der Waals surface area (Å²) < 4.78 is 39.7. The first kappa shape index (κ1) is 18.0. The number of aryl methyl sites for hydroxylation is 1. The fraction of sp³-hybridized carbons (Fsp3) is 0.533. The third-order valence-corrected chi connectivity index (χ3v) is 4.27. The second-order valence-corrected chi connectivity index (χ2v) is 5.92. The monoisotopic (exact) mass is 349 g/mol. The number of carbonyl (C=O) groups is 1. The number of hydrogen-bond acceptors (Lipinski definition) is 3. The molecule has 128 valence electrons. The van der Waals surface area contributed by atoms with E-state index in [-0.39, 0.29) is 5.56 Å². The largest absolute Gasteiger partial charge is 0.405 e. The van der Waals surface area contributed by atoms with E-state index in [9.17, 15) is 18.0 Å². The highest BCUT2D eigenvalue weighted by Crippen LogP contribution is 2.25. The summed E-state index contributed by atoms with van der Waals surface area (Å²) in [5, 5.41) is 5.79. The molecule has 2 rings (SSSR count). The quantitative estimate of drug-likeness (QED) is 0.876. The molecular weight excluding hydrogens is 331 g/mol. The number of amides is 1. The van der Waals surface area contributed by atoms with Gasteiger partial charge in [-0.15, -0.1) is 0 Å². The van der Waals surface area contributed by atoms with Gasteiger partial charge < -0.3 is 10.6 Å². The van der Waals surface area contributed by atoms with Crippen LogP contribution in [0.25, 0.3) is 0 Å². The highest BCUT2D eigenvalue weighted by molar-refractivity contribution is 6.31. The summed E-state index contributed by atoms with van der Waals surface area (Å²) in [6.45, 7) is 2.93. The van der Waals surface area contributed by atoms with E-state index < -0.39 is 24.7 Å². The van der Waals surface area contributed by atoms with Gasteiger partial charge in [-0.2, -0.15) is 13.2 Å². The predicted octanol–water partition coefficient (Wildman–Crippen LogP) is 2.21. The van der Waals surface area contributed by atoms with Crippen molar-refractivity contribution in [3.63, 3.8) is 0 Å². The molecule has 0 aliphatic carbocycles. The molecule has 8 heteroatoms. The number of carbonyl (C=O) groups excluding carboxylic acids is 1. The normalized spacial score (nSPS) is 17.8. The first-order chi connectivity index (χ1) is 10.8. The molecule has 0 aromatic heterocycles. The standard InChI is InChI=1S/C15H19ClF3N3O/c1-10-2-3-11(8-12(10)16)14(23)21-9-13(15(17,18)19)22-6-4-20-5-7-22/h2-3,8,13,20H,4-7,9H2,1H3,(H,21,23). The summed E-state index contributed by atoms with van der Waals surface area (Å²) >= 11 is 5.94. The Morgan fingerprint density at radius 2 is 2.04 bits per heavy atom.